The van der Waals surface area contributed by atoms with Crippen LogP contribution in [-0.4, -0.2) is 10.1 Å². The molecule has 6 heteroatoms. The summed E-state index contributed by atoms with van der Waals surface area (Å²) in [4.78, 5) is 4.29. The molecule has 106 valence electrons. The number of nitrogens with zero attached hydrogens (tertiary/aromatic N) is 2. The number of rotatable bonds is 3. The van der Waals surface area contributed by atoms with Crippen LogP contribution >= 0.6 is 15.9 Å². The molecule has 0 fully saturated rings. The lowest BCUT2D eigenvalue weighted by Crippen LogP contribution is -2.11. The lowest BCUT2D eigenvalue weighted by Gasteiger charge is -2.05. The van der Waals surface area contributed by atoms with Crippen LogP contribution in [-0.2, 0) is 0 Å². The van der Waals surface area contributed by atoms with Gasteiger partial charge in [-0.15, -0.1) is 0 Å². The van der Waals surface area contributed by atoms with Crippen molar-refractivity contribution in [1.82, 2.24) is 10.1 Å². The molecule has 0 spiro atoms. The molecule has 0 unspecified atom stereocenters. The van der Waals surface area contributed by atoms with Gasteiger partial charge in [0, 0.05) is 10.0 Å². The van der Waals surface area contributed by atoms with E-state index in [0.717, 1.165) is 5.56 Å². The van der Waals surface area contributed by atoms with Gasteiger partial charge in [0.2, 0.25) is 11.7 Å². The van der Waals surface area contributed by atoms with Gasteiger partial charge in [0.15, 0.2) is 0 Å². The zero-order valence-corrected chi connectivity index (χ0v) is 12.4. The van der Waals surface area contributed by atoms with Gasteiger partial charge in [-0.05, 0) is 39.7 Å². The normalized spacial score (nSPS) is 12.3. The van der Waals surface area contributed by atoms with Crippen LogP contribution in [0.1, 0.15) is 17.5 Å². The van der Waals surface area contributed by atoms with Crippen molar-refractivity contribution in [1.29, 1.82) is 0 Å². The maximum Gasteiger partial charge on any atom is 0.248 e. The second-order valence-electron chi connectivity index (χ2n) is 4.47. The number of hydrogen-bond donors (Lipinski definition) is 1. The van der Waals surface area contributed by atoms with Crippen molar-refractivity contribution < 1.29 is 8.91 Å². The molecule has 0 saturated heterocycles. The van der Waals surface area contributed by atoms with Crippen LogP contribution in [0.15, 0.2) is 57.5 Å². The van der Waals surface area contributed by atoms with Gasteiger partial charge in [0.05, 0.1) is 0 Å². The first-order valence-corrected chi connectivity index (χ1v) is 7.04. The minimum Gasteiger partial charge on any atom is -0.337 e. The summed E-state index contributed by atoms with van der Waals surface area (Å²) < 4.78 is 18.9. The van der Waals surface area contributed by atoms with Crippen LogP contribution in [0.2, 0.25) is 0 Å². The summed E-state index contributed by atoms with van der Waals surface area (Å²) in [6.45, 7) is 0. The lowest BCUT2D eigenvalue weighted by molar-refractivity contribution is 0.367. The molecule has 0 aliphatic rings. The van der Waals surface area contributed by atoms with E-state index in [1.165, 1.54) is 12.1 Å². The van der Waals surface area contributed by atoms with Gasteiger partial charge in [-0.3, -0.25) is 0 Å². The van der Waals surface area contributed by atoms with Crippen LogP contribution in [0.25, 0.3) is 11.4 Å². The predicted octanol–water partition coefficient (Wildman–Crippen LogP) is 3.69. The van der Waals surface area contributed by atoms with Crippen LogP contribution in [0.3, 0.4) is 0 Å². The molecular weight excluding hydrogens is 337 g/mol. The highest BCUT2D eigenvalue weighted by Gasteiger charge is 2.18. The molecule has 4 nitrogen and oxygen atoms in total. The van der Waals surface area contributed by atoms with E-state index >= 15 is 0 Å². The summed E-state index contributed by atoms with van der Waals surface area (Å²) >= 11 is 3.28. The Bertz CT molecular complexity index is 761. The predicted molar refractivity (Wildman–Crippen MR) is 79.9 cm³/mol. The first-order chi connectivity index (χ1) is 10.1. The number of hydrogen-bond acceptors (Lipinski definition) is 4. The molecule has 0 amide bonds. The Morgan fingerprint density at radius 2 is 1.90 bits per heavy atom. The molecule has 0 aliphatic heterocycles. The largest absolute Gasteiger partial charge is 0.337 e. The van der Waals surface area contributed by atoms with E-state index in [9.17, 15) is 4.39 Å². The molecule has 2 N–H and O–H groups in total. The summed E-state index contributed by atoms with van der Waals surface area (Å²) in [7, 11) is 0. The Morgan fingerprint density at radius 1 is 1.14 bits per heavy atom. The maximum absolute atomic E-state index is 13.1. The van der Waals surface area contributed by atoms with Gasteiger partial charge in [0.25, 0.3) is 0 Å². The topological polar surface area (TPSA) is 64.9 Å². The zero-order valence-electron chi connectivity index (χ0n) is 10.8. The summed E-state index contributed by atoms with van der Waals surface area (Å²) in [6.07, 6.45) is 0. The van der Waals surface area contributed by atoms with Gasteiger partial charge in [-0.1, -0.05) is 35.5 Å². The van der Waals surface area contributed by atoms with Crippen LogP contribution in [0, 0.1) is 5.82 Å². The van der Waals surface area contributed by atoms with Crippen molar-refractivity contribution in [2.45, 2.75) is 6.04 Å². The van der Waals surface area contributed by atoms with E-state index < -0.39 is 6.04 Å². The second kappa shape index (κ2) is 5.75. The van der Waals surface area contributed by atoms with Crippen LogP contribution in [0.4, 0.5) is 4.39 Å². The Hall–Kier alpha value is -2.05. The Balaban J connectivity index is 1.93. The smallest absolute Gasteiger partial charge is 0.248 e. The second-order valence-corrected chi connectivity index (χ2v) is 5.32. The zero-order chi connectivity index (χ0) is 14.8. The van der Waals surface area contributed by atoms with E-state index in [-0.39, 0.29) is 5.82 Å². The number of benzene rings is 2. The van der Waals surface area contributed by atoms with Crippen molar-refractivity contribution in [2.75, 3.05) is 0 Å². The van der Waals surface area contributed by atoms with Crippen LogP contribution in [0.5, 0.6) is 0 Å². The first kappa shape index (κ1) is 13.9. The third-order valence-electron chi connectivity index (χ3n) is 3.04. The van der Waals surface area contributed by atoms with Gasteiger partial charge in [-0.2, -0.15) is 4.98 Å². The van der Waals surface area contributed by atoms with Gasteiger partial charge < -0.3 is 10.3 Å². The lowest BCUT2D eigenvalue weighted by atomic mass is 10.1. The summed E-state index contributed by atoms with van der Waals surface area (Å²) in [5.41, 5.74) is 7.63. The highest BCUT2D eigenvalue weighted by atomic mass is 79.9. The number of aromatic nitrogens is 2. The highest BCUT2D eigenvalue weighted by Crippen LogP contribution is 2.28. The van der Waals surface area contributed by atoms with E-state index in [1.807, 2.05) is 30.3 Å². The average Bonchev–Trinajstić information content (AvgIpc) is 2.97. The minimum absolute atomic E-state index is 0.312. The minimum atomic E-state index is -0.494. The molecule has 0 radical (unpaired) electrons. The summed E-state index contributed by atoms with van der Waals surface area (Å²) in [5.74, 6) is 0.339. The van der Waals surface area contributed by atoms with Crippen molar-refractivity contribution in [3.8, 4) is 11.4 Å². The standard InChI is InChI=1S/C15H11BrFN3O/c16-12-8-10(17)6-7-11(12)14-19-15(21-20-14)13(18)9-4-2-1-3-5-9/h1-8,13H,18H2/t13-/m0/s1. The number of halogens is 2. The third-order valence-corrected chi connectivity index (χ3v) is 3.69. The van der Waals surface area contributed by atoms with Gasteiger partial charge in [0.1, 0.15) is 11.9 Å². The maximum atomic E-state index is 13.1. The van der Waals surface area contributed by atoms with Crippen molar-refractivity contribution in [3.05, 3.63) is 70.3 Å². The van der Waals surface area contributed by atoms with E-state index in [0.29, 0.717) is 21.8 Å². The summed E-state index contributed by atoms with van der Waals surface area (Å²) in [6, 6.07) is 13.3. The molecule has 0 aliphatic carbocycles. The summed E-state index contributed by atoms with van der Waals surface area (Å²) in [5, 5.41) is 3.90. The molecule has 21 heavy (non-hydrogen) atoms. The monoisotopic (exact) mass is 347 g/mol. The van der Waals surface area contributed by atoms with E-state index in [1.54, 1.807) is 6.07 Å². The van der Waals surface area contributed by atoms with Crippen molar-refractivity contribution in [3.63, 3.8) is 0 Å². The highest BCUT2D eigenvalue weighted by molar-refractivity contribution is 9.10. The molecule has 1 heterocycles. The quantitative estimate of drug-likeness (QED) is 0.784. The molecule has 2 aromatic carbocycles. The van der Waals surface area contributed by atoms with Crippen molar-refractivity contribution in [2.24, 2.45) is 5.73 Å². The number of nitrogens with two attached hydrogens (primary N) is 1. The fraction of sp³-hybridized carbons (Fsp3) is 0.0667. The van der Waals surface area contributed by atoms with Gasteiger partial charge in [-0.25, -0.2) is 4.39 Å². The van der Waals surface area contributed by atoms with Crippen LogP contribution < -0.4 is 5.73 Å². The molecular formula is C15H11BrFN3O. The fourth-order valence-corrected chi connectivity index (χ4v) is 2.47. The van der Waals surface area contributed by atoms with E-state index in [4.69, 9.17) is 10.3 Å². The molecule has 1 atom stereocenters. The molecule has 0 bridgehead atoms. The van der Waals surface area contributed by atoms with Gasteiger partial charge >= 0.3 is 0 Å². The van der Waals surface area contributed by atoms with Crippen molar-refractivity contribution >= 4 is 15.9 Å². The third kappa shape index (κ3) is 2.86. The molecule has 3 rings (SSSR count). The Morgan fingerprint density at radius 3 is 2.62 bits per heavy atom. The SMILES string of the molecule is N[C@@H](c1ccccc1)c1nc(-c2ccc(F)cc2Br)no1. The molecule has 0 saturated carbocycles. The fourth-order valence-electron chi connectivity index (χ4n) is 1.94. The first-order valence-electron chi connectivity index (χ1n) is 6.24. The Labute approximate surface area is 128 Å². The van der Waals surface area contributed by atoms with E-state index in [2.05, 4.69) is 26.1 Å². The molecule has 1 aromatic heterocycles. The molecule has 3 aromatic rings. The average molecular weight is 348 g/mol. The Kier molecular flexibility index (Phi) is 3.81.